The average molecular weight is 333 g/mol. The molecule has 0 saturated heterocycles. The average Bonchev–Trinajstić information content (AvgIpc) is 2.27. The highest BCUT2D eigenvalue weighted by Crippen LogP contribution is 2.24. The van der Waals surface area contributed by atoms with Gasteiger partial charge in [0.2, 0.25) is 0 Å². The van der Waals surface area contributed by atoms with Crippen LogP contribution < -0.4 is 4.72 Å². The van der Waals surface area contributed by atoms with Gasteiger partial charge in [-0.25, -0.2) is 4.98 Å². The Balaban J connectivity index is 2.83. The minimum Gasteiger partial charge on any atom is -0.598 e. The van der Waals surface area contributed by atoms with Crippen LogP contribution in [-0.2, 0) is 11.4 Å². The first kappa shape index (κ1) is 16.0. The minimum atomic E-state index is -1.06. The molecule has 1 aromatic rings. The van der Waals surface area contributed by atoms with Crippen molar-refractivity contribution in [2.24, 2.45) is 0 Å². The smallest absolute Gasteiger partial charge is 0.136 e. The molecule has 0 amide bonds. The van der Waals surface area contributed by atoms with Crippen LogP contribution in [0.5, 0.6) is 0 Å². The van der Waals surface area contributed by atoms with Crippen LogP contribution in [0.1, 0.15) is 52.1 Å². The molecular formula is C13H21BrN2OS. The maximum atomic E-state index is 12.2. The van der Waals surface area contributed by atoms with Crippen LogP contribution in [0.3, 0.4) is 0 Å². The number of pyridine rings is 1. The van der Waals surface area contributed by atoms with Crippen molar-refractivity contribution in [2.75, 3.05) is 0 Å². The van der Waals surface area contributed by atoms with Crippen LogP contribution in [-0.4, -0.2) is 14.3 Å². The molecule has 0 aliphatic rings. The van der Waals surface area contributed by atoms with Gasteiger partial charge in [0.15, 0.2) is 0 Å². The van der Waals surface area contributed by atoms with Crippen LogP contribution in [0.25, 0.3) is 0 Å². The number of aromatic nitrogens is 1. The second kappa shape index (κ2) is 6.89. The summed E-state index contributed by atoms with van der Waals surface area (Å²) in [5.74, 6) is 0. The van der Waals surface area contributed by atoms with Gasteiger partial charge < -0.3 is 4.55 Å². The van der Waals surface area contributed by atoms with Crippen molar-refractivity contribution >= 4 is 27.3 Å². The Morgan fingerprint density at radius 1 is 1.50 bits per heavy atom. The molecule has 0 fully saturated rings. The molecular weight excluding hydrogens is 312 g/mol. The summed E-state index contributed by atoms with van der Waals surface area (Å²) >= 11 is 2.31. The number of nitrogens with zero attached hydrogens (tertiary/aromatic N) is 1. The third-order valence-electron chi connectivity index (χ3n) is 2.54. The van der Waals surface area contributed by atoms with Crippen LogP contribution in [0.4, 0.5) is 0 Å². The van der Waals surface area contributed by atoms with Crippen LogP contribution >= 0.6 is 15.9 Å². The Morgan fingerprint density at radius 2 is 2.17 bits per heavy atom. The summed E-state index contributed by atoms with van der Waals surface area (Å²) < 4.78 is 16.0. The largest absolute Gasteiger partial charge is 0.598 e. The highest BCUT2D eigenvalue weighted by Gasteiger charge is 2.29. The number of rotatable bonds is 5. The van der Waals surface area contributed by atoms with Crippen molar-refractivity contribution in [2.45, 2.75) is 51.3 Å². The maximum absolute atomic E-state index is 12.2. The molecule has 1 heterocycles. The van der Waals surface area contributed by atoms with E-state index in [2.05, 4.69) is 32.6 Å². The Hall–Kier alpha value is -0.100. The second-order valence-electron chi connectivity index (χ2n) is 5.25. The monoisotopic (exact) mass is 332 g/mol. The lowest BCUT2D eigenvalue weighted by Gasteiger charge is -2.28. The summed E-state index contributed by atoms with van der Waals surface area (Å²) in [6, 6.07) is 4.06. The van der Waals surface area contributed by atoms with E-state index in [0.29, 0.717) is 0 Å². The van der Waals surface area contributed by atoms with Crippen molar-refractivity contribution in [3.05, 3.63) is 28.5 Å². The molecule has 18 heavy (non-hydrogen) atoms. The SMILES string of the molecule is CCC[C@H](N[S+]([O-])C(C)(C)C)c1ccnc(Br)c1. The number of nitrogens with one attached hydrogen (secondary N) is 1. The van der Waals surface area contributed by atoms with Crippen molar-refractivity contribution in [3.63, 3.8) is 0 Å². The van der Waals surface area contributed by atoms with E-state index in [4.69, 9.17) is 0 Å². The zero-order chi connectivity index (χ0) is 13.8. The van der Waals surface area contributed by atoms with Gasteiger partial charge >= 0.3 is 0 Å². The Labute approximate surface area is 121 Å². The molecule has 0 bridgehead atoms. The van der Waals surface area contributed by atoms with Gasteiger partial charge in [0, 0.05) is 17.6 Å². The number of halogens is 1. The van der Waals surface area contributed by atoms with Gasteiger partial charge in [0.25, 0.3) is 0 Å². The molecule has 1 aromatic heterocycles. The molecule has 1 rings (SSSR count). The van der Waals surface area contributed by atoms with E-state index in [0.717, 1.165) is 23.0 Å². The minimum absolute atomic E-state index is 0.106. The van der Waals surface area contributed by atoms with Gasteiger partial charge in [-0.2, -0.15) is 0 Å². The molecule has 3 nitrogen and oxygen atoms in total. The van der Waals surface area contributed by atoms with Crippen molar-refractivity contribution in [3.8, 4) is 0 Å². The van der Waals surface area contributed by atoms with Gasteiger partial charge in [-0.05, 0) is 60.8 Å². The Bertz CT molecular complexity index is 381. The van der Waals surface area contributed by atoms with Gasteiger partial charge in [-0.3, -0.25) is 0 Å². The first-order valence-electron chi connectivity index (χ1n) is 6.14. The summed E-state index contributed by atoms with van der Waals surface area (Å²) in [4.78, 5) is 4.12. The van der Waals surface area contributed by atoms with Gasteiger partial charge in [-0.1, -0.05) is 13.3 Å². The molecule has 0 aliphatic heterocycles. The molecule has 5 heteroatoms. The second-order valence-corrected chi connectivity index (χ2v) is 8.06. The summed E-state index contributed by atoms with van der Waals surface area (Å²) in [6.45, 7) is 8.05. The van der Waals surface area contributed by atoms with Crippen LogP contribution in [0.15, 0.2) is 22.9 Å². The Morgan fingerprint density at radius 3 is 2.67 bits per heavy atom. The molecule has 0 saturated carbocycles. The molecule has 2 atom stereocenters. The van der Waals surface area contributed by atoms with E-state index in [9.17, 15) is 4.55 Å². The van der Waals surface area contributed by atoms with E-state index in [-0.39, 0.29) is 10.8 Å². The normalized spacial score (nSPS) is 15.4. The third kappa shape index (κ3) is 4.88. The molecule has 0 aliphatic carbocycles. The molecule has 1 unspecified atom stereocenters. The molecule has 0 radical (unpaired) electrons. The zero-order valence-electron chi connectivity index (χ0n) is 11.4. The summed E-state index contributed by atoms with van der Waals surface area (Å²) in [7, 11) is 0. The quantitative estimate of drug-likeness (QED) is 0.660. The predicted molar refractivity (Wildman–Crippen MR) is 80.6 cm³/mol. The lowest BCUT2D eigenvalue weighted by molar-refractivity contribution is 0.509. The van der Waals surface area contributed by atoms with Crippen molar-refractivity contribution in [1.29, 1.82) is 0 Å². The zero-order valence-corrected chi connectivity index (χ0v) is 13.8. The van der Waals surface area contributed by atoms with E-state index in [1.807, 2.05) is 32.9 Å². The van der Waals surface area contributed by atoms with E-state index >= 15 is 0 Å². The van der Waals surface area contributed by atoms with E-state index in [1.54, 1.807) is 6.20 Å². The van der Waals surface area contributed by atoms with Crippen LogP contribution in [0.2, 0.25) is 0 Å². The highest BCUT2D eigenvalue weighted by molar-refractivity contribution is 9.10. The number of hydrogen-bond acceptors (Lipinski definition) is 3. The molecule has 1 N–H and O–H groups in total. The number of hydrogen-bond donors (Lipinski definition) is 1. The summed E-state index contributed by atoms with van der Waals surface area (Å²) in [6.07, 6.45) is 3.76. The first-order valence-corrected chi connectivity index (χ1v) is 8.08. The summed E-state index contributed by atoms with van der Waals surface area (Å²) in [5.41, 5.74) is 1.12. The predicted octanol–water partition coefficient (Wildman–Crippen LogP) is 3.74. The van der Waals surface area contributed by atoms with Crippen molar-refractivity contribution in [1.82, 2.24) is 9.71 Å². The highest BCUT2D eigenvalue weighted by atomic mass is 79.9. The fraction of sp³-hybridized carbons (Fsp3) is 0.615. The fourth-order valence-corrected chi connectivity index (χ4v) is 2.77. The van der Waals surface area contributed by atoms with Crippen molar-refractivity contribution < 1.29 is 4.55 Å². The van der Waals surface area contributed by atoms with Gasteiger partial charge in [0.1, 0.15) is 9.35 Å². The standard InChI is InChI=1S/C13H21BrN2OS/c1-5-6-11(16-18(17)13(2,3)4)10-7-8-15-12(14)9-10/h7-9,11,16H,5-6H2,1-4H3/t11-,18?/m0/s1. The van der Waals surface area contributed by atoms with Gasteiger partial charge in [0.05, 0.1) is 6.04 Å². The lowest BCUT2D eigenvalue weighted by Crippen LogP contribution is -2.41. The molecule has 0 aromatic carbocycles. The van der Waals surface area contributed by atoms with Crippen LogP contribution in [0, 0.1) is 0 Å². The lowest BCUT2D eigenvalue weighted by atomic mass is 10.1. The van der Waals surface area contributed by atoms with E-state index in [1.165, 1.54) is 0 Å². The molecule has 102 valence electrons. The first-order chi connectivity index (χ1) is 8.34. The topological polar surface area (TPSA) is 48.0 Å². The van der Waals surface area contributed by atoms with E-state index < -0.39 is 11.4 Å². The van der Waals surface area contributed by atoms with Gasteiger partial charge in [-0.15, -0.1) is 4.72 Å². The fourth-order valence-electron chi connectivity index (χ4n) is 1.52. The maximum Gasteiger partial charge on any atom is 0.136 e. The Kier molecular flexibility index (Phi) is 6.11. The third-order valence-corrected chi connectivity index (χ3v) is 4.58. The summed E-state index contributed by atoms with van der Waals surface area (Å²) in [5, 5.41) is 0. The molecule has 0 spiro atoms.